The SMILES string of the molecule is CCNC(=NCc1ccc(C)cc1OC1CCOC1)NCCC1CCN(C)CC1. The molecule has 0 radical (unpaired) electrons. The van der Waals surface area contributed by atoms with Crippen molar-refractivity contribution in [3.63, 3.8) is 0 Å². The van der Waals surface area contributed by atoms with Crippen LogP contribution in [0.15, 0.2) is 23.2 Å². The van der Waals surface area contributed by atoms with Gasteiger partial charge in [0.1, 0.15) is 11.9 Å². The van der Waals surface area contributed by atoms with Crippen molar-refractivity contribution in [2.45, 2.75) is 52.2 Å². The van der Waals surface area contributed by atoms with Crippen LogP contribution in [-0.2, 0) is 11.3 Å². The Hall–Kier alpha value is -1.79. The van der Waals surface area contributed by atoms with Crippen molar-refractivity contribution in [1.29, 1.82) is 0 Å². The third-order valence-electron chi connectivity index (χ3n) is 5.84. The van der Waals surface area contributed by atoms with E-state index in [1.165, 1.54) is 37.9 Å². The lowest BCUT2D eigenvalue weighted by atomic mass is 9.94. The van der Waals surface area contributed by atoms with Crippen molar-refractivity contribution in [1.82, 2.24) is 15.5 Å². The minimum atomic E-state index is 0.153. The molecule has 0 amide bonds. The number of likely N-dealkylation sites (tertiary alicyclic amines) is 1. The molecule has 3 rings (SSSR count). The van der Waals surface area contributed by atoms with Crippen LogP contribution in [0.4, 0.5) is 0 Å². The van der Waals surface area contributed by atoms with E-state index in [-0.39, 0.29) is 6.10 Å². The molecule has 0 aliphatic carbocycles. The second-order valence-corrected chi connectivity index (χ2v) is 8.37. The Bertz CT molecular complexity index is 650. The summed E-state index contributed by atoms with van der Waals surface area (Å²) < 4.78 is 11.7. The maximum atomic E-state index is 6.21. The maximum absolute atomic E-state index is 6.21. The van der Waals surface area contributed by atoms with E-state index in [9.17, 15) is 0 Å². The van der Waals surface area contributed by atoms with Gasteiger partial charge in [-0.1, -0.05) is 12.1 Å². The van der Waals surface area contributed by atoms with Gasteiger partial charge in [-0.15, -0.1) is 0 Å². The first kappa shape index (κ1) is 21.9. The number of hydrogen-bond donors (Lipinski definition) is 2. The zero-order chi connectivity index (χ0) is 20.5. The molecule has 6 nitrogen and oxygen atoms in total. The van der Waals surface area contributed by atoms with Gasteiger partial charge in [0.05, 0.1) is 19.8 Å². The summed E-state index contributed by atoms with van der Waals surface area (Å²) in [4.78, 5) is 7.24. The number of ether oxygens (including phenoxy) is 2. The van der Waals surface area contributed by atoms with Crippen molar-refractivity contribution in [2.24, 2.45) is 10.9 Å². The number of hydrogen-bond acceptors (Lipinski definition) is 4. The first-order chi connectivity index (χ1) is 14.1. The Balaban J connectivity index is 1.54. The third kappa shape index (κ3) is 7.19. The predicted molar refractivity (Wildman–Crippen MR) is 119 cm³/mol. The molecule has 0 saturated carbocycles. The van der Waals surface area contributed by atoms with Crippen LogP contribution in [0.2, 0.25) is 0 Å². The molecule has 0 spiro atoms. The number of aryl methyl sites for hydroxylation is 1. The predicted octanol–water partition coefficient (Wildman–Crippen LogP) is 2.95. The lowest BCUT2D eigenvalue weighted by molar-refractivity contribution is 0.140. The number of nitrogens with zero attached hydrogens (tertiary/aromatic N) is 2. The van der Waals surface area contributed by atoms with Gasteiger partial charge in [-0.2, -0.15) is 0 Å². The quantitative estimate of drug-likeness (QED) is 0.517. The van der Waals surface area contributed by atoms with E-state index in [0.717, 1.165) is 49.3 Å². The molecule has 0 aromatic heterocycles. The summed E-state index contributed by atoms with van der Waals surface area (Å²) in [5, 5.41) is 6.89. The van der Waals surface area contributed by atoms with Gasteiger partial charge in [0.2, 0.25) is 0 Å². The lowest BCUT2D eigenvalue weighted by Gasteiger charge is -2.29. The van der Waals surface area contributed by atoms with E-state index < -0.39 is 0 Å². The fraction of sp³-hybridized carbons (Fsp3) is 0.696. The topological polar surface area (TPSA) is 58.1 Å². The molecule has 29 heavy (non-hydrogen) atoms. The molecular weight excluding hydrogens is 364 g/mol. The largest absolute Gasteiger partial charge is 0.488 e. The number of aliphatic imine (C=N–C) groups is 1. The number of nitrogens with one attached hydrogen (secondary N) is 2. The molecule has 1 unspecified atom stereocenters. The number of guanidine groups is 1. The normalized spacial score (nSPS) is 21.3. The van der Waals surface area contributed by atoms with Crippen LogP contribution in [0.25, 0.3) is 0 Å². The van der Waals surface area contributed by atoms with Crippen molar-refractivity contribution < 1.29 is 9.47 Å². The Morgan fingerprint density at radius 2 is 2.07 bits per heavy atom. The molecule has 162 valence electrons. The fourth-order valence-electron chi connectivity index (χ4n) is 3.94. The van der Waals surface area contributed by atoms with Crippen LogP contribution < -0.4 is 15.4 Å². The highest BCUT2D eigenvalue weighted by molar-refractivity contribution is 5.79. The van der Waals surface area contributed by atoms with Crippen molar-refractivity contribution >= 4 is 5.96 Å². The van der Waals surface area contributed by atoms with Gasteiger partial charge in [-0.3, -0.25) is 0 Å². The van der Waals surface area contributed by atoms with Crippen LogP contribution in [-0.4, -0.2) is 63.4 Å². The highest BCUT2D eigenvalue weighted by atomic mass is 16.5. The van der Waals surface area contributed by atoms with Crippen molar-refractivity contribution in [3.8, 4) is 5.75 Å². The summed E-state index contributed by atoms with van der Waals surface area (Å²) in [5.41, 5.74) is 2.32. The first-order valence-corrected chi connectivity index (χ1v) is 11.2. The Labute approximate surface area is 176 Å². The third-order valence-corrected chi connectivity index (χ3v) is 5.84. The molecule has 1 aromatic rings. The minimum Gasteiger partial charge on any atom is -0.488 e. The van der Waals surface area contributed by atoms with E-state index in [4.69, 9.17) is 14.5 Å². The molecular formula is C23H38N4O2. The van der Waals surface area contributed by atoms with Crippen molar-refractivity contribution in [2.75, 3.05) is 46.4 Å². The van der Waals surface area contributed by atoms with Gasteiger partial charge in [0.25, 0.3) is 0 Å². The Kier molecular flexibility index (Phi) is 8.62. The summed E-state index contributed by atoms with van der Waals surface area (Å²) in [6.07, 6.45) is 4.93. The van der Waals surface area contributed by atoms with E-state index in [1.54, 1.807) is 0 Å². The zero-order valence-corrected chi connectivity index (χ0v) is 18.4. The smallest absolute Gasteiger partial charge is 0.191 e. The second kappa shape index (κ2) is 11.4. The molecule has 1 atom stereocenters. The molecule has 6 heteroatoms. The molecule has 2 saturated heterocycles. The van der Waals surface area contributed by atoms with E-state index in [0.29, 0.717) is 13.2 Å². The summed E-state index contributed by atoms with van der Waals surface area (Å²) in [6.45, 7) is 10.5. The lowest BCUT2D eigenvalue weighted by Crippen LogP contribution is -2.39. The zero-order valence-electron chi connectivity index (χ0n) is 18.4. The van der Waals surface area contributed by atoms with E-state index in [2.05, 4.69) is 54.6 Å². The summed E-state index contributed by atoms with van der Waals surface area (Å²) in [5.74, 6) is 2.65. The van der Waals surface area contributed by atoms with E-state index >= 15 is 0 Å². The van der Waals surface area contributed by atoms with Gasteiger partial charge in [-0.05, 0) is 70.8 Å². The fourth-order valence-corrected chi connectivity index (χ4v) is 3.94. The van der Waals surface area contributed by atoms with Gasteiger partial charge in [0, 0.05) is 25.1 Å². The van der Waals surface area contributed by atoms with Crippen molar-refractivity contribution in [3.05, 3.63) is 29.3 Å². The van der Waals surface area contributed by atoms with Crippen LogP contribution in [0, 0.1) is 12.8 Å². The van der Waals surface area contributed by atoms with Gasteiger partial charge < -0.3 is 25.0 Å². The van der Waals surface area contributed by atoms with Crippen LogP contribution in [0.5, 0.6) is 5.75 Å². The first-order valence-electron chi connectivity index (χ1n) is 11.2. The van der Waals surface area contributed by atoms with Gasteiger partial charge >= 0.3 is 0 Å². The number of rotatable bonds is 8. The molecule has 2 fully saturated rings. The standard InChI is InChI=1S/C23H38N4O2/c1-4-24-23(25-11-7-19-8-12-27(3)13-9-19)26-16-20-6-5-18(2)15-22(20)29-21-10-14-28-17-21/h5-6,15,19,21H,4,7-14,16-17H2,1-3H3,(H2,24,25,26). The van der Waals surface area contributed by atoms with Gasteiger partial charge in [-0.25, -0.2) is 4.99 Å². The highest BCUT2D eigenvalue weighted by Crippen LogP contribution is 2.24. The molecule has 2 aliphatic heterocycles. The van der Waals surface area contributed by atoms with Crippen LogP contribution >= 0.6 is 0 Å². The minimum absolute atomic E-state index is 0.153. The monoisotopic (exact) mass is 402 g/mol. The molecule has 0 bridgehead atoms. The molecule has 2 aliphatic rings. The average molecular weight is 403 g/mol. The second-order valence-electron chi connectivity index (χ2n) is 8.37. The average Bonchev–Trinajstić information content (AvgIpc) is 3.22. The summed E-state index contributed by atoms with van der Waals surface area (Å²) in [6, 6.07) is 6.37. The number of benzene rings is 1. The summed E-state index contributed by atoms with van der Waals surface area (Å²) >= 11 is 0. The Morgan fingerprint density at radius 1 is 1.24 bits per heavy atom. The van der Waals surface area contributed by atoms with Crippen LogP contribution in [0.1, 0.15) is 43.7 Å². The van der Waals surface area contributed by atoms with E-state index in [1.807, 2.05) is 0 Å². The number of piperidine rings is 1. The van der Waals surface area contributed by atoms with Gasteiger partial charge in [0.15, 0.2) is 5.96 Å². The Morgan fingerprint density at radius 3 is 2.79 bits per heavy atom. The molecule has 1 aromatic carbocycles. The van der Waals surface area contributed by atoms with Crippen LogP contribution in [0.3, 0.4) is 0 Å². The molecule has 2 N–H and O–H groups in total. The highest BCUT2D eigenvalue weighted by Gasteiger charge is 2.19. The maximum Gasteiger partial charge on any atom is 0.191 e. The summed E-state index contributed by atoms with van der Waals surface area (Å²) in [7, 11) is 2.22. The molecule has 2 heterocycles.